The molecule has 0 saturated heterocycles. The van der Waals surface area contributed by atoms with Gasteiger partial charge >= 0.3 is 0 Å². The topological polar surface area (TPSA) is 59.2 Å². The second-order valence-electron chi connectivity index (χ2n) is 6.00. The van der Waals surface area contributed by atoms with Gasteiger partial charge in [-0.3, -0.25) is 4.79 Å². The van der Waals surface area contributed by atoms with Crippen molar-refractivity contribution in [3.05, 3.63) is 36.2 Å². The van der Waals surface area contributed by atoms with Crippen LogP contribution in [-0.2, 0) is 4.79 Å². The van der Waals surface area contributed by atoms with E-state index in [1.54, 1.807) is 4.90 Å². The van der Waals surface area contributed by atoms with Crippen LogP contribution < -0.4 is 4.90 Å². The maximum atomic E-state index is 12.5. The Morgan fingerprint density at radius 1 is 1.21 bits per heavy atom. The number of carbonyl (C=O) groups excluding carboxylic acids is 1. The fraction of sp³-hybridized carbons (Fsp3) is 0.500. The highest BCUT2D eigenvalue weighted by Gasteiger charge is 2.22. The first-order chi connectivity index (χ1) is 11.8. The Balaban J connectivity index is 1.57. The molecule has 1 aromatic heterocycles. The number of aromatic nitrogens is 2. The van der Waals surface area contributed by atoms with Crippen molar-refractivity contribution >= 4 is 23.4 Å². The average molecular weight is 345 g/mol. The number of amides is 1. The maximum Gasteiger partial charge on any atom is 0.277 e. The van der Waals surface area contributed by atoms with E-state index >= 15 is 0 Å². The maximum absolute atomic E-state index is 12.5. The molecule has 0 aliphatic heterocycles. The minimum absolute atomic E-state index is 0.0473. The van der Waals surface area contributed by atoms with Crippen LogP contribution in [0.15, 0.2) is 40.0 Å². The van der Waals surface area contributed by atoms with Crippen LogP contribution in [-0.4, -0.2) is 28.4 Å². The lowest BCUT2D eigenvalue weighted by molar-refractivity contribution is -0.116. The van der Waals surface area contributed by atoms with E-state index in [-0.39, 0.29) is 5.91 Å². The lowest BCUT2D eigenvalue weighted by Crippen LogP contribution is -2.32. The molecule has 24 heavy (non-hydrogen) atoms. The molecule has 1 aliphatic rings. The van der Waals surface area contributed by atoms with Gasteiger partial charge in [0.25, 0.3) is 5.22 Å². The van der Waals surface area contributed by atoms with Crippen LogP contribution in [0.2, 0.25) is 0 Å². The third kappa shape index (κ3) is 4.17. The standard InChI is InChI=1S/C18H23N3O2S/c1-2-21(15-11-7-4-8-12-15)16(22)13-24-18-20-19-17(23-18)14-9-5-3-6-10-14/h4,7-8,11-12,14H,2-3,5-6,9-10,13H2,1H3. The van der Waals surface area contributed by atoms with Gasteiger partial charge in [0, 0.05) is 18.2 Å². The number of hydrogen-bond acceptors (Lipinski definition) is 5. The van der Waals surface area contributed by atoms with E-state index in [4.69, 9.17) is 4.42 Å². The average Bonchev–Trinajstić information content (AvgIpc) is 3.11. The molecule has 1 aromatic carbocycles. The predicted molar refractivity (Wildman–Crippen MR) is 95.3 cm³/mol. The molecule has 1 fully saturated rings. The van der Waals surface area contributed by atoms with Crippen molar-refractivity contribution in [3.63, 3.8) is 0 Å². The number of thioether (sulfide) groups is 1. The van der Waals surface area contributed by atoms with Crippen LogP contribution in [0.3, 0.4) is 0 Å². The summed E-state index contributed by atoms with van der Waals surface area (Å²) in [4.78, 5) is 14.2. The molecule has 1 saturated carbocycles. The van der Waals surface area contributed by atoms with E-state index in [9.17, 15) is 4.79 Å². The summed E-state index contributed by atoms with van der Waals surface area (Å²) in [5.74, 6) is 1.48. The van der Waals surface area contributed by atoms with Crippen molar-refractivity contribution in [1.29, 1.82) is 0 Å². The molecular formula is C18H23N3O2S. The summed E-state index contributed by atoms with van der Waals surface area (Å²) in [5, 5.41) is 8.77. The molecule has 0 atom stereocenters. The lowest BCUT2D eigenvalue weighted by Gasteiger charge is -2.20. The van der Waals surface area contributed by atoms with Crippen molar-refractivity contribution in [3.8, 4) is 0 Å². The number of rotatable bonds is 6. The number of carbonyl (C=O) groups is 1. The Morgan fingerprint density at radius 3 is 2.67 bits per heavy atom. The van der Waals surface area contributed by atoms with Gasteiger partial charge in [0.1, 0.15) is 0 Å². The van der Waals surface area contributed by atoms with E-state index in [0.717, 1.165) is 24.4 Å². The number of nitrogens with zero attached hydrogens (tertiary/aromatic N) is 3. The second-order valence-corrected chi connectivity index (χ2v) is 6.93. The van der Waals surface area contributed by atoms with Crippen LogP contribution in [0, 0.1) is 0 Å². The van der Waals surface area contributed by atoms with Gasteiger partial charge < -0.3 is 9.32 Å². The molecule has 2 aromatic rings. The Morgan fingerprint density at radius 2 is 1.96 bits per heavy atom. The van der Waals surface area contributed by atoms with Crippen LogP contribution in [0.1, 0.15) is 50.8 Å². The van der Waals surface area contributed by atoms with Crippen LogP contribution in [0.4, 0.5) is 5.69 Å². The summed E-state index contributed by atoms with van der Waals surface area (Å²) in [6.07, 6.45) is 6.02. The van der Waals surface area contributed by atoms with Crippen molar-refractivity contribution in [2.45, 2.75) is 50.2 Å². The minimum atomic E-state index is 0.0473. The van der Waals surface area contributed by atoms with Crippen molar-refractivity contribution in [1.82, 2.24) is 10.2 Å². The smallest absolute Gasteiger partial charge is 0.277 e. The summed E-state index contributed by atoms with van der Waals surface area (Å²) in [6, 6.07) is 9.71. The molecule has 1 amide bonds. The quantitative estimate of drug-likeness (QED) is 0.732. The minimum Gasteiger partial charge on any atom is -0.416 e. The third-order valence-electron chi connectivity index (χ3n) is 4.38. The molecule has 0 radical (unpaired) electrons. The number of para-hydroxylation sites is 1. The van der Waals surface area contributed by atoms with E-state index in [1.807, 2.05) is 37.3 Å². The van der Waals surface area contributed by atoms with Gasteiger partial charge in [0.05, 0.1) is 5.75 Å². The fourth-order valence-corrected chi connectivity index (χ4v) is 3.75. The molecule has 3 rings (SSSR count). The van der Waals surface area contributed by atoms with Gasteiger partial charge in [0.15, 0.2) is 0 Å². The molecule has 5 nitrogen and oxygen atoms in total. The Labute approximate surface area is 146 Å². The molecule has 0 spiro atoms. The number of benzene rings is 1. The van der Waals surface area contributed by atoms with Gasteiger partial charge in [0.2, 0.25) is 11.8 Å². The number of anilines is 1. The SMILES string of the molecule is CCN(C(=O)CSc1nnc(C2CCCCC2)o1)c1ccccc1. The van der Waals surface area contributed by atoms with Crippen molar-refractivity contribution in [2.24, 2.45) is 0 Å². The largest absolute Gasteiger partial charge is 0.416 e. The lowest BCUT2D eigenvalue weighted by atomic mass is 9.89. The van der Waals surface area contributed by atoms with E-state index in [1.165, 1.54) is 31.0 Å². The molecular weight excluding hydrogens is 322 g/mol. The Bertz CT molecular complexity index is 653. The van der Waals surface area contributed by atoms with Crippen LogP contribution in [0.25, 0.3) is 0 Å². The first kappa shape index (κ1) is 17.0. The molecule has 128 valence electrons. The Hall–Kier alpha value is -1.82. The summed E-state index contributed by atoms with van der Waals surface area (Å²) in [6.45, 7) is 2.62. The number of hydrogen-bond donors (Lipinski definition) is 0. The predicted octanol–water partition coefficient (Wildman–Crippen LogP) is 4.26. The zero-order chi connectivity index (χ0) is 16.8. The highest BCUT2D eigenvalue weighted by Crippen LogP contribution is 2.33. The Kier molecular flexibility index (Phi) is 5.91. The van der Waals surface area contributed by atoms with E-state index in [2.05, 4.69) is 10.2 Å². The van der Waals surface area contributed by atoms with Crippen molar-refractivity contribution < 1.29 is 9.21 Å². The summed E-state index contributed by atoms with van der Waals surface area (Å²) >= 11 is 1.32. The van der Waals surface area contributed by atoms with Gasteiger partial charge in [-0.2, -0.15) is 0 Å². The van der Waals surface area contributed by atoms with Gasteiger partial charge in [-0.05, 0) is 31.9 Å². The van der Waals surface area contributed by atoms with Crippen LogP contribution >= 0.6 is 11.8 Å². The molecule has 0 N–H and O–H groups in total. The zero-order valence-electron chi connectivity index (χ0n) is 14.0. The summed E-state index contributed by atoms with van der Waals surface area (Å²) in [7, 11) is 0. The molecule has 0 unspecified atom stereocenters. The van der Waals surface area contributed by atoms with Crippen molar-refractivity contribution in [2.75, 3.05) is 17.2 Å². The molecule has 1 aliphatic carbocycles. The monoisotopic (exact) mass is 345 g/mol. The second kappa shape index (κ2) is 8.33. The van der Waals surface area contributed by atoms with E-state index < -0.39 is 0 Å². The third-order valence-corrected chi connectivity index (χ3v) is 5.18. The van der Waals surface area contributed by atoms with Gasteiger partial charge in [-0.1, -0.05) is 49.2 Å². The summed E-state index contributed by atoms with van der Waals surface area (Å²) in [5.41, 5.74) is 0.916. The molecule has 0 bridgehead atoms. The first-order valence-corrected chi connectivity index (χ1v) is 9.58. The van der Waals surface area contributed by atoms with E-state index in [0.29, 0.717) is 23.4 Å². The normalized spacial score (nSPS) is 15.4. The van der Waals surface area contributed by atoms with Gasteiger partial charge in [-0.15, -0.1) is 10.2 Å². The van der Waals surface area contributed by atoms with Gasteiger partial charge in [-0.25, -0.2) is 0 Å². The summed E-state index contributed by atoms with van der Waals surface area (Å²) < 4.78 is 5.76. The van der Waals surface area contributed by atoms with Crippen LogP contribution in [0.5, 0.6) is 0 Å². The highest BCUT2D eigenvalue weighted by atomic mass is 32.2. The molecule has 6 heteroatoms. The zero-order valence-corrected chi connectivity index (χ0v) is 14.8. The highest BCUT2D eigenvalue weighted by molar-refractivity contribution is 7.99. The molecule has 1 heterocycles. The first-order valence-electron chi connectivity index (χ1n) is 8.59. The fourth-order valence-electron chi connectivity index (χ4n) is 3.11.